The maximum atomic E-state index is 12.5. The van der Waals surface area contributed by atoms with Gasteiger partial charge in [-0.05, 0) is 20.3 Å². The third-order valence-corrected chi connectivity index (χ3v) is 4.38. The average molecular weight is 409 g/mol. The van der Waals surface area contributed by atoms with Crippen molar-refractivity contribution in [3.8, 4) is 5.75 Å². The van der Waals surface area contributed by atoms with Gasteiger partial charge in [0.2, 0.25) is 0 Å². The first-order chi connectivity index (χ1) is 11.6. The molecular weight excluding hydrogens is 389 g/mol. The lowest BCUT2D eigenvalue weighted by atomic mass is 10.0. The molecule has 0 spiro atoms. The maximum absolute atomic E-state index is 12.5. The highest BCUT2D eigenvalue weighted by Gasteiger charge is 2.25. The predicted molar refractivity (Wildman–Crippen MR) is 99.6 cm³/mol. The summed E-state index contributed by atoms with van der Waals surface area (Å²) in [6, 6.07) is 2.99. The highest BCUT2D eigenvalue weighted by Crippen LogP contribution is 2.34. The second kappa shape index (κ2) is 9.32. The highest BCUT2D eigenvalue weighted by molar-refractivity contribution is 6.48. The van der Waals surface area contributed by atoms with E-state index in [4.69, 9.17) is 39.5 Å². The van der Waals surface area contributed by atoms with E-state index >= 15 is 0 Å². The van der Waals surface area contributed by atoms with Crippen LogP contribution in [-0.4, -0.2) is 30.6 Å². The molecule has 0 bridgehead atoms. The number of carbonyl (C=O) groups excluding carboxylic acids is 2. The van der Waals surface area contributed by atoms with Crippen molar-refractivity contribution in [1.29, 1.82) is 0 Å². The van der Waals surface area contributed by atoms with Crippen LogP contribution < -0.4 is 10.1 Å². The number of ether oxygens (including phenoxy) is 2. The Morgan fingerprint density at radius 3 is 2.28 bits per heavy atom. The zero-order chi connectivity index (χ0) is 19.2. The molecule has 0 heterocycles. The number of amides is 1. The molecule has 1 N–H and O–H groups in total. The topological polar surface area (TPSA) is 64.6 Å². The Bertz CT molecular complexity index is 651. The Morgan fingerprint density at radius 1 is 1.24 bits per heavy atom. The minimum atomic E-state index is -0.767. The van der Waals surface area contributed by atoms with Crippen molar-refractivity contribution in [2.45, 2.75) is 38.8 Å². The molecule has 0 fully saturated rings. The minimum absolute atomic E-state index is 0.224. The molecule has 1 aromatic rings. The first kappa shape index (κ1) is 21.6. The summed E-state index contributed by atoms with van der Waals surface area (Å²) in [5.74, 6) is -0.510. The van der Waals surface area contributed by atoms with Gasteiger partial charge in [-0.2, -0.15) is 0 Å². The van der Waals surface area contributed by atoms with Crippen LogP contribution in [0.4, 0.5) is 0 Å². The fraction of sp³-hybridized carbons (Fsp3) is 0.412. The van der Waals surface area contributed by atoms with Crippen LogP contribution in [0.5, 0.6) is 5.75 Å². The summed E-state index contributed by atoms with van der Waals surface area (Å²) in [5.41, 5.74) is -0.767. The van der Waals surface area contributed by atoms with Gasteiger partial charge in [0.1, 0.15) is 5.75 Å². The Balaban J connectivity index is 2.84. The smallest absolute Gasteiger partial charge is 0.330 e. The van der Waals surface area contributed by atoms with E-state index in [1.165, 1.54) is 25.3 Å². The quantitative estimate of drug-likeness (QED) is 0.412. The monoisotopic (exact) mass is 407 g/mol. The zero-order valence-electron chi connectivity index (χ0n) is 14.4. The van der Waals surface area contributed by atoms with Crippen molar-refractivity contribution in [3.63, 3.8) is 0 Å². The van der Waals surface area contributed by atoms with Crippen molar-refractivity contribution in [2.24, 2.45) is 0 Å². The normalized spacial score (nSPS) is 12.8. The molecule has 0 aliphatic heterocycles. The first-order valence-electron chi connectivity index (χ1n) is 7.50. The van der Waals surface area contributed by atoms with Crippen molar-refractivity contribution in [2.75, 3.05) is 7.11 Å². The molecule has 8 heteroatoms. The van der Waals surface area contributed by atoms with Gasteiger partial charge in [0.05, 0.1) is 27.7 Å². The van der Waals surface area contributed by atoms with Gasteiger partial charge in [-0.25, -0.2) is 4.79 Å². The molecule has 138 valence electrons. The second-order valence-electron chi connectivity index (χ2n) is 5.78. The molecule has 0 aromatic heterocycles. The van der Waals surface area contributed by atoms with Gasteiger partial charge in [0.15, 0.2) is 6.10 Å². The highest BCUT2D eigenvalue weighted by atomic mass is 35.5. The van der Waals surface area contributed by atoms with E-state index in [0.29, 0.717) is 12.2 Å². The van der Waals surface area contributed by atoms with Crippen molar-refractivity contribution < 1.29 is 19.1 Å². The van der Waals surface area contributed by atoms with E-state index in [1.54, 1.807) is 26.8 Å². The van der Waals surface area contributed by atoms with Crippen LogP contribution in [0.15, 0.2) is 24.3 Å². The number of esters is 1. The van der Waals surface area contributed by atoms with E-state index in [2.05, 4.69) is 10.1 Å². The van der Waals surface area contributed by atoms with E-state index in [-0.39, 0.29) is 21.0 Å². The fourth-order valence-corrected chi connectivity index (χ4v) is 2.45. The number of carbonyl (C=O) groups is 2. The van der Waals surface area contributed by atoms with Gasteiger partial charge in [0.25, 0.3) is 5.91 Å². The molecule has 1 aromatic carbocycles. The molecule has 0 aliphatic rings. The van der Waals surface area contributed by atoms with E-state index in [9.17, 15) is 9.59 Å². The molecule has 0 aliphatic carbocycles. The van der Waals surface area contributed by atoms with Gasteiger partial charge in [0, 0.05) is 18.2 Å². The molecule has 0 unspecified atom stereocenters. The van der Waals surface area contributed by atoms with Crippen LogP contribution in [0.1, 0.15) is 27.2 Å². The number of benzene rings is 1. The van der Waals surface area contributed by atoms with E-state index in [1.807, 2.05) is 0 Å². The SMILES string of the molecule is CC[C@H](Oc1cc(Cl)c(Cl)c(Cl)c1)C(=O)NC(C)(C)/C=C/C(=O)OC. The summed E-state index contributed by atoms with van der Waals surface area (Å²) in [7, 11) is 1.28. The molecule has 1 amide bonds. The number of hydrogen-bond acceptors (Lipinski definition) is 4. The lowest BCUT2D eigenvalue weighted by Gasteiger charge is -2.26. The van der Waals surface area contributed by atoms with Crippen LogP contribution in [0.2, 0.25) is 15.1 Å². The molecular formula is C17H20Cl3NO4. The van der Waals surface area contributed by atoms with Crippen molar-refractivity contribution >= 4 is 46.7 Å². The van der Waals surface area contributed by atoms with Crippen LogP contribution in [0, 0.1) is 0 Å². The number of methoxy groups -OCH3 is 1. The Kier molecular flexibility index (Phi) is 8.06. The largest absolute Gasteiger partial charge is 0.481 e. The van der Waals surface area contributed by atoms with Gasteiger partial charge in [-0.3, -0.25) is 4.79 Å². The van der Waals surface area contributed by atoms with E-state index < -0.39 is 17.6 Å². The Morgan fingerprint density at radius 2 is 1.80 bits per heavy atom. The molecule has 25 heavy (non-hydrogen) atoms. The average Bonchev–Trinajstić information content (AvgIpc) is 2.54. The number of rotatable bonds is 7. The lowest BCUT2D eigenvalue weighted by Crippen LogP contribution is -2.48. The third-order valence-electron chi connectivity index (χ3n) is 3.18. The minimum Gasteiger partial charge on any atom is -0.481 e. The summed E-state index contributed by atoms with van der Waals surface area (Å²) < 4.78 is 10.2. The standard InChI is InChI=1S/C17H20Cl3NO4/c1-5-13(25-10-8-11(18)15(20)12(19)9-10)16(23)21-17(2,3)7-6-14(22)24-4/h6-9,13H,5H2,1-4H3,(H,21,23)/b7-6+/t13-/m0/s1. The lowest BCUT2D eigenvalue weighted by molar-refractivity contribution is -0.135. The van der Waals surface area contributed by atoms with Crippen LogP contribution >= 0.6 is 34.8 Å². The van der Waals surface area contributed by atoms with Gasteiger partial charge in [-0.15, -0.1) is 0 Å². The number of halogens is 3. The van der Waals surface area contributed by atoms with Gasteiger partial charge in [-0.1, -0.05) is 47.8 Å². The molecule has 1 atom stereocenters. The molecule has 5 nitrogen and oxygen atoms in total. The van der Waals surface area contributed by atoms with Crippen LogP contribution in [0.3, 0.4) is 0 Å². The summed E-state index contributed by atoms with van der Waals surface area (Å²) in [5, 5.41) is 3.50. The first-order valence-corrected chi connectivity index (χ1v) is 8.63. The fourth-order valence-electron chi connectivity index (χ4n) is 1.87. The van der Waals surface area contributed by atoms with Gasteiger partial charge < -0.3 is 14.8 Å². The number of nitrogens with one attached hydrogen (secondary N) is 1. The van der Waals surface area contributed by atoms with Crippen molar-refractivity contribution in [1.82, 2.24) is 5.32 Å². The molecule has 0 saturated heterocycles. The van der Waals surface area contributed by atoms with E-state index in [0.717, 1.165) is 0 Å². The molecule has 1 rings (SSSR count). The van der Waals surface area contributed by atoms with Gasteiger partial charge >= 0.3 is 5.97 Å². The summed E-state index contributed by atoms with van der Waals surface area (Å²) in [4.78, 5) is 23.7. The summed E-state index contributed by atoms with van der Waals surface area (Å²) in [6.45, 7) is 5.29. The zero-order valence-corrected chi connectivity index (χ0v) is 16.6. The predicted octanol–water partition coefficient (Wildman–Crippen LogP) is 4.43. The van der Waals surface area contributed by atoms with Crippen molar-refractivity contribution in [3.05, 3.63) is 39.4 Å². The number of hydrogen-bond donors (Lipinski definition) is 1. The maximum Gasteiger partial charge on any atom is 0.330 e. The Labute approximate surface area is 162 Å². The summed E-state index contributed by atoms with van der Waals surface area (Å²) in [6.07, 6.45) is 2.44. The molecule has 0 saturated carbocycles. The second-order valence-corrected chi connectivity index (χ2v) is 6.98. The van der Waals surface area contributed by atoms with Crippen LogP contribution in [0.25, 0.3) is 0 Å². The third kappa shape index (κ3) is 6.77. The summed E-state index contributed by atoms with van der Waals surface area (Å²) >= 11 is 17.8. The van der Waals surface area contributed by atoms with Crippen LogP contribution in [-0.2, 0) is 14.3 Å². The Hall–Kier alpha value is -1.43. The molecule has 0 radical (unpaired) electrons.